The van der Waals surface area contributed by atoms with Gasteiger partial charge in [0.2, 0.25) is 10.0 Å². The van der Waals surface area contributed by atoms with E-state index >= 15 is 0 Å². The van der Waals surface area contributed by atoms with E-state index in [-0.39, 0.29) is 23.3 Å². The zero-order valence-electron chi connectivity index (χ0n) is 23.6. The van der Waals surface area contributed by atoms with E-state index in [9.17, 15) is 13.2 Å². The molecule has 0 saturated heterocycles. The van der Waals surface area contributed by atoms with Crippen LogP contribution in [-0.2, 0) is 26.2 Å². The van der Waals surface area contributed by atoms with Crippen molar-refractivity contribution in [3.8, 4) is 5.75 Å². The van der Waals surface area contributed by atoms with E-state index in [1.807, 2.05) is 76.2 Å². The minimum atomic E-state index is -3.99. The molecule has 1 unspecified atom stereocenters. The first-order chi connectivity index (χ1) is 17.8. The highest BCUT2D eigenvalue weighted by atomic mass is 32.2. The number of esters is 1. The average molecular weight is 540 g/mol. The van der Waals surface area contributed by atoms with Gasteiger partial charge in [-0.3, -0.25) is 4.79 Å². The maximum atomic E-state index is 14.0. The molecule has 3 aromatic carbocycles. The van der Waals surface area contributed by atoms with Crippen molar-refractivity contribution in [2.45, 2.75) is 78.0 Å². The molecule has 0 aliphatic carbocycles. The van der Waals surface area contributed by atoms with Crippen LogP contribution in [0.15, 0.2) is 71.6 Å². The quantitative estimate of drug-likeness (QED) is 0.250. The minimum absolute atomic E-state index is 0.154. The summed E-state index contributed by atoms with van der Waals surface area (Å²) in [4.78, 5) is 13.4. The van der Waals surface area contributed by atoms with E-state index in [0.29, 0.717) is 18.8 Å². The molecule has 3 rings (SSSR count). The Morgan fingerprint density at radius 1 is 0.895 bits per heavy atom. The maximum Gasteiger partial charge on any atom is 0.325 e. The number of rotatable bonds is 11. The predicted octanol–water partition coefficient (Wildman–Crippen LogP) is 6.82. The Morgan fingerprint density at radius 2 is 1.53 bits per heavy atom. The summed E-state index contributed by atoms with van der Waals surface area (Å²) in [6.07, 6.45) is 0.626. The van der Waals surface area contributed by atoms with Crippen molar-refractivity contribution in [1.82, 2.24) is 4.31 Å². The molecule has 0 fully saturated rings. The number of hydrogen-bond acceptors (Lipinski definition) is 5. The van der Waals surface area contributed by atoms with E-state index in [2.05, 4.69) is 0 Å². The van der Waals surface area contributed by atoms with E-state index in [0.717, 1.165) is 16.3 Å². The third kappa shape index (κ3) is 7.81. The van der Waals surface area contributed by atoms with Gasteiger partial charge in [-0.05, 0) is 79.6 Å². The van der Waals surface area contributed by atoms with Gasteiger partial charge in [0.25, 0.3) is 0 Å². The summed E-state index contributed by atoms with van der Waals surface area (Å²) in [5, 5.41) is 1.65. The van der Waals surface area contributed by atoms with Gasteiger partial charge in [-0.2, -0.15) is 4.31 Å². The van der Waals surface area contributed by atoms with E-state index in [1.54, 1.807) is 39.0 Å². The van der Waals surface area contributed by atoms with Crippen molar-refractivity contribution < 1.29 is 22.7 Å². The first kappa shape index (κ1) is 29.7. The van der Waals surface area contributed by atoms with Crippen LogP contribution in [0.1, 0.15) is 60.5 Å². The Balaban J connectivity index is 1.93. The normalized spacial score (nSPS) is 13.3. The standard InChI is InChI=1S/C31H41NO5S/c1-22(2)17-18-32(29(23(3)4)30(33)37-31(5,6)7)38(34,35)28-16-14-25-19-27(15-13-26(25)20-28)36-21-24-11-9-8-10-12-24/h8-16,19-20,22-23,29H,17-18,21H2,1-7H3. The molecule has 0 radical (unpaired) electrons. The number of carbonyl (C=O) groups excluding carboxylic acids is 1. The summed E-state index contributed by atoms with van der Waals surface area (Å²) in [6, 6.07) is 19.7. The molecular weight excluding hydrogens is 498 g/mol. The first-order valence-corrected chi connectivity index (χ1v) is 14.7. The molecule has 1 atom stereocenters. The lowest BCUT2D eigenvalue weighted by molar-refractivity contribution is -0.161. The molecule has 0 saturated carbocycles. The summed E-state index contributed by atoms with van der Waals surface area (Å²) in [5.41, 5.74) is 0.348. The Morgan fingerprint density at radius 3 is 2.13 bits per heavy atom. The molecule has 0 aliphatic rings. The van der Waals surface area contributed by atoms with E-state index < -0.39 is 27.6 Å². The smallest absolute Gasteiger partial charge is 0.325 e. The molecule has 206 valence electrons. The molecule has 0 bridgehead atoms. The number of carbonyl (C=O) groups is 1. The van der Waals surface area contributed by atoms with Gasteiger partial charge in [-0.15, -0.1) is 0 Å². The lowest BCUT2D eigenvalue weighted by Crippen LogP contribution is -2.50. The first-order valence-electron chi connectivity index (χ1n) is 13.2. The number of hydrogen-bond donors (Lipinski definition) is 0. The van der Waals surface area contributed by atoms with Gasteiger partial charge in [0, 0.05) is 6.54 Å². The zero-order chi connectivity index (χ0) is 28.1. The third-order valence-corrected chi connectivity index (χ3v) is 8.03. The zero-order valence-corrected chi connectivity index (χ0v) is 24.4. The van der Waals surface area contributed by atoms with Crippen molar-refractivity contribution in [2.75, 3.05) is 6.54 Å². The highest BCUT2D eigenvalue weighted by Gasteiger charge is 2.40. The van der Waals surface area contributed by atoms with Crippen LogP contribution in [0.25, 0.3) is 10.8 Å². The average Bonchev–Trinajstić information content (AvgIpc) is 2.83. The molecule has 6 nitrogen and oxygen atoms in total. The summed E-state index contributed by atoms with van der Waals surface area (Å²) < 4.78 is 41.0. The van der Waals surface area contributed by atoms with Gasteiger partial charge in [-0.1, -0.05) is 70.2 Å². The molecule has 0 aliphatic heterocycles. The van der Waals surface area contributed by atoms with Crippen LogP contribution >= 0.6 is 0 Å². The van der Waals surface area contributed by atoms with E-state index in [4.69, 9.17) is 9.47 Å². The van der Waals surface area contributed by atoms with Gasteiger partial charge in [0.1, 0.15) is 24.0 Å². The second-order valence-corrected chi connectivity index (χ2v) is 13.4. The lowest BCUT2D eigenvalue weighted by atomic mass is 10.0. The topological polar surface area (TPSA) is 72.9 Å². The number of ether oxygens (including phenoxy) is 2. The molecule has 0 spiro atoms. The third-order valence-electron chi connectivity index (χ3n) is 6.15. The van der Waals surface area contributed by atoms with Crippen LogP contribution in [-0.4, -0.2) is 36.9 Å². The van der Waals surface area contributed by atoms with Crippen LogP contribution in [0.3, 0.4) is 0 Å². The number of nitrogens with zero attached hydrogens (tertiary/aromatic N) is 1. The summed E-state index contributed by atoms with van der Waals surface area (Å²) in [6.45, 7) is 13.8. The molecule has 38 heavy (non-hydrogen) atoms. The Hall–Kier alpha value is -2.90. The van der Waals surface area contributed by atoms with Crippen molar-refractivity contribution in [3.63, 3.8) is 0 Å². The largest absolute Gasteiger partial charge is 0.489 e. The molecule has 0 amide bonds. The van der Waals surface area contributed by atoms with Gasteiger partial charge in [-0.25, -0.2) is 8.42 Å². The summed E-state index contributed by atoms with van der Waals surface area (Å²) in [5.74, 6) is 0.183. The molecule has 0 N–H and O–H groups in total. The fraction of sp³-hybridized carbons (Fsp3) is 0.452. The van der Waals surface area contributed by atoms with Crippen LogP contribution in [0, 0.1) is 11.8 Å². The molecule has 3 aromatic rings. The molecule has 0 aromatic heterocycles. The van der Waals surface area contributed by atoms with Crippen LogP contribution in [0.2, 0.25) is 0 Å². The highest BCUT2D eigenvalue weighted by Crippen LogP contribution is 2.29. The van der Waals surface area contributed by atoms with Crippen molar-refractivity contribution >= 4 is 26.8 Å². The second kappa shape index (κ2) is 12.3. The van der Waals surface area contributed by atoms with Gasteiger partial charge in [0.15, 0.2) is 0 Å². The maximum absolute atomic E-state index is 14.0. The lowest BCUT2D eigenvalue weighted by Gasteiger charge is -2.34. The summed E-state index contributed by atoms with van der Waals surface area (Å²) >= 11 is 0. The van der Waals surface area contributed by atoms with Crippen LogP contribution < -0.4 is 4.74 Å². The Kier molecular flexibility index (Phi) is 9.60. The SMILES string of the molecule is CC(C)CCN(C(C(=O)OC(C)(C)C)C(C)C)S(=O)(=O)c1ccc2cc(OCc3ccccc3)ccc2c1. The van der Waals surface area contributed by atoms with Crippen LogP contribution in [0.5, 0.6) is 5.75 Å². The summed E-state index contributed by atoms with van der Waals surface area (Å²) in [7, 11) is -3.99. The molecule has 7 heteroatoms. The minimum Gasteiger partial charge on any atom is -0.489 e. The van der Waals surface area contributed by atoms with E-state index in [1.165, 1.54) is 4.31 Å². The van der Waals surface area contributed by atoms with Gasteiger partial charge >= 0.3 is 5.97 Å². The van der Waals surface area contributed by atoms with Crippen molar-refractivity contribution in [1.29, 1.82) is 0 Å². The highest BCUT2D eigenvalue weighted by molar-refractivity contribution is 7.89. The number of sulfonamides is 1. The Labute approximate surface area is 228 Å². The number of fused-ring (bicyclic) bond motifs is 1. The number of benzene rings is 3. The molecule has 0 heterocycles. The molecular formula is C31H41NO5S. The van der Waals surface area contributed by atoms with Gasteiger partial charge in [0.05, 0.1) is 4.90 Å². The monoisotopic (exact) mass is 539 g/mol. The van der Waals surface area contributed by atoms with Crippen LogP contribution in [0.4, 0.5) is 0 Å². The fourth-order valence-corrected chi connectivity index (χ4v) is 5.97. The van der Waals surface area contributed by atoms with Crippen molar-refractivity contribution in [3.05, 3.63) is 72.3 Å². The predicted molar refractivity (Wildman–Crippen MR) is 153 cm³/mol. The van der Waals surface area contributed by atoms with Crippen molar-refractivity contribution in [2.24, 2.45) is 11.8 Å². The van der Waals surface area contributed by atoms with Gasteiger partial charge < -0.3 is 9.47 Å². The Bertz CT molecular complexity index is 1330. The fourth-order valence-electron chi connectivity index (χ4n) is 4.21. The second-order valence-electron chi connectivity index (χ2n) is 11.5.